The van der Waals surface area contributed by atoms with Crippen molar-refractivity contribution in [2.75, 3.05) is 10.0 Å². The fourth-order valence-electron chi connectivity index (χ4n) is 2.44. The summed E-state index contributed by atoms with van der Waals surface area (Å²) in [6, 6.07) is 19.8. The van der Waals surface area contributed by atoms with Crippen LogP contribution in [-0.4, -0.2) is 13.4 Å². The van der Waals surface area contributed by atoms with Gasteiger partial charge in [0, 0.05) is 5.69 Å². The number of nitrogens with one attached hydrogen (secondary N) is 2. The largest absolute Gasteiger partial charge is 0.354 e. The van der Waals surface area contributed by atoms with E-state index in [1.807, 2.05) is 12.1 Å². The number of hydrogen-bond donors (Lipinski definition) is 2. The molecule has 26 heavy (non-hydrogen) atoms. The van der Waals surface area contributed by atoms with Gasteiger partial charge in [-0.2, -0.15) is 0 Å². The van der Waals surface area contributed by atoms with E-state index < -0.39 is 10.0 Å². The van der Waals surface area contributed by atoms with Crippen LogP contribution in [0.15, 0.2) is 77.8 Å². The molecule has 0 aliphatic rings. The Kier molecular flexibility index (Phi) is 5.23. The van der Waals surface area contributed by atoms with E-state index in [2.05, 4.69) is 41.0 Å². The van der Waals surface area contributed by atoms with Gasteiger partial charge in [-0.05, 0) is 47.9 Å². The van der Waals surface area contributed by atoms with Crippen molar-refractivity contribution in [2.45, 2.75) is 24.7 Å². The van der Waals surface area contributed by atoms with Gasteiger partial charge in [-0.15, -0.1) is 0 Å². The van der Waals surface area contributed by atoms with Crippen LogP contribution in [0.5, 0.6) is 0 Å². The Morgan fingerprint density at radius 3 is 2.08 bits per heavy atom. The molecular weight excluding hydrogens is 346 g/mol. The fraction of sp³-hybridized carbons (Fsp3) is 0.150. The SMILES string of the molecule is CC(C)c1ccc(Nc2ccc(NS(=O)(=O)c3ccccc3)nc2)cc1. The zero-order valence-electron chi connectivity index (χ0n) is 14.7. The van der Waals surface area contributed by atoms with E-state index >= 15 is 0 Å². The van der Waals surface area contributed by atoms with E-state index in [-0.39, 0.29) is 10.7 Å². The Morgan fingerprint density at radius 1 is 0.846 bits per heavy atom. The first-order chi connectivity index (χ1) is 12.4. The molecule has 0 radical (unpaired) electrons. The number of anilines is 3. The molecule has 0 aliphatic carbocycles. The number of hydrogen-bond acceptors (Lipinski definition) is 4. The molecule has 0 spiro atoms. The maximum absolute atomic E-state index is 12.3. The zero-order valence-corrected chi connectivity index (χ0v) is 15.5. The minimum Gasteiger partial charge on any atom is -0.354 e. The summed E-state index contributed by atoms with van der Waals surface area (Å²) in [7, 11) is -3.63. The lowest BCUT2D eigenvalue weighted by atomic mass is 10.0. The standard InChI is InChI=1S/C20H21N3O2S/c1-15(2)16-8-10-17(11-9-16)22-18-12-13-20(21-14-18)23-26(24,25)19-6-4-3-5-7-19/h3-15,22H,1-2H3,(H,21,23). The van der Waals surface area contributed by atoms with E-state index in [1.54, 1.807) is 48.7 Å². The van der Waals surface area contributed by atoms with E-state index in [0.29, 0.717) is 5.92 Å². The van der Waals surface area contributed by atoms with Crippen LogP contribution in [0.3, 0.4) is 0 Å². The van der Waals surface area contributed by atoms with Gasteiger partial charge in [0.15, 0.2) is 0 Å². The van der Waals surface area contributed by atoms with Gasteiger partial charge in [0.25, 0.3) is 10.0 Å². The average Bonchev–Trinajstić information content (AvgIpc) is 2.64. The molecule has 5 nitrogen and oxygen atoms in total. The van der Waals surface area contributed by atoms with Gasteiger partial charge in [0.05, 0.1) is 16.8 Å². The molecule has 0 saturated carbocycles. The second-order valence-electron chi connectivity index (χ2n) is 6.25. The lowest BCUT2D eigenvalue weighted by Gasteiger charge is -2.10. The Bertz CT molecular complexity index is 952. The highest BCUT2D eigenvalue weighted by Crippen LogP contribution is 2.21. The van der Waals surface area contributed by atoms with E-state index in [1.165, 1.54) is 5.56 Å². The predicted octanol–water partition coefficient (Wildman–Crippen LogP) is 4.75. The van der Waals surface area contributed by atoms with Gasteiger partial charge >= 0.3 is 0 Å². The summed E-state index contributed by atoms with van der Waals surface area (Å²) >= 11 is 0. The summed E-state index contributed by atoms with van der Waals surface area (Å²) in [5.41, 5.74) is 3.01. The van der Waals surface area contributed by atoms with Gasteiger partial charge in [-0.3, -0.25) is 4.72 Å². The molecule has 134 valence electrons. The molecule has 0 amide bonds. The van der Waals surface area contributed by atoms with Crippen molar-refractivity contribution in [3.05, 3.63) is 78.5 Å². The topological polar surface area (TPSA) is 71.1 Å². The van der Waals surface area contributed by atoms with Crippen LogP contribution in [0.25, 0.3) is 0 Å². The number of rotatable bonds is 6. The lowest BCUT2D eigenvalue weighted by molar-refractivity contribution is 0.601. The second kappa shape index (κ2) is 7.58. The van der Waals surface area contributed by atoms with E-state index in [0.717, 1.165) is 11.4 Å². The Labute approximate surface area is 154 Å². The molecule has 0 bridgehead atoms. The smallest absolute Gasteiger partial charge is 0.263 e. The van der Waals surface area contributed by atoms with Gasteiger partial charge in [-0.25, -0.2) is 13.4 Å². The molecule has 2 N–H and O–H groups in total. The minimum absolute atomic E-state index is 0.203. The monoisotopic (exact) mass is 367 g/mol. The van der Waals surface area contributed by atoms with Gasteiger partial charge < -0.3 is 5.32 Å². The van der Waals surface area contributed by atoms with E-state index in [4.69, 9.17) is 0 Å². The Morgan fingerprint density at radius 2 is 1.50 bits per heavy atom. The van der Waals surface area contributed by atoms with Crippen LogP contribution in [0.4, 0.5) is 17.2 Å². The maximum atomic E-state index is 12.3. The van der Waals surface area contributed by atoms with Crippen molar-refractivity contribution < 1.29 is 8.42 Å². The molecule has 1 aromatic heterocycles. The summed E-state index contributed by atoms with van der Waals surface area (Å²) in [6.45, 7) is 4.31. The van der Waals surface area contributed by atoms with Crippen LogP contribution >= 0.6 is 0 Å². The summed E-state index contributed by atoms with van der Waals surface area (Å²) in [4.78, 5) is 4.38. The predicted molar refractivity (Wildman–Crippen MR) is 105 cm³/mol. The van der Waals surface area contributed by atoms with Crippen molar-refractivity contribution in [3.8, 4) is 0 Å². The maximum Gasteiger partial charge on any atom is 0.263 e. The highest BCUT2D eigenvalue weighted by atomic mass is 32.2. The molecule has 1 heterocycles. The fourth-order valence-corrected chi connectivity index (χ4v) is 3.47. The number of nitrogens with zero attached hydrogens (tertiary/aromatic N) is 1. The van der Waals surface area contributed by atoms with Crippen molar-refractivity contribution in [1.29, 1.82) is 0 Å². The number of aromatic nitrogens is 1. The normalized spacial score (nSPS) is 11.3. The van der Waals surface area contributed by atoms with Crippen molar-refractivity contribution in [2.24, 2.45) is 0 Å². The molecular formula is C20H21N3O2S. The number of sulfonamides is 1. The van der Waals surface area contributed by atoms with Crippen LogP contribution in [0, 0.1) is 0 Å². The molecule has 0 fully saturated rings. The van der Waals surface area contributed by atoms with Gasteiger partial charge in [-0.1, -0.05) is 44.2 Å². The van der Waals surface area contributed by atoms with Crippen molar-refractivity contribution in [1.82, 2.24) is 4.98 Å². The van der Waals surface area contributed by atoms with Crippen LogP contribution in [0.2, 0.25) is 0 Å². The molecule has 3 rings (SSSR count). The highest BCUT2D eigenvalue weighted by molar-refractivity contribution is 7.92. The minimum atomic E-state index is -3.63. The van der Waals surface area contributed by atoms with Crippen LogP contribution in [-0.2, 0) is 10.0 Å². The molecule has 0 atom stereocenters. The van der Waals surface area contributed by atoms with Crippen LogP contribution in [0.1, 0.15) is 25.3 Å². The first-order valence-electron chi connectivity index (χ1n) is 8.35. The first kappa shape index (κ1) is 17.9. The average molecular weight is 367 g/mol. The number of benzene rings is 2. The summed E-state index contributed by atoms with van der Waals surface area (Å²) in [5.74, 6) is 0.761. The summed E-state index contributed by atoms with van der Waals surface area (Å²) < 4.78 is 27.1. The third kappa shape index (κ3) is 4.40. The van der Waals surface area contributed by atoms with Gasteiger partial charge in [0.2, 0.25) is 0 Å². The number of pyridine rings is 1. The Hall–Kier alpha value is -2.86. The van der Waals surface area contributed by atoms with Crippen LogP contribution < -0.4 is 10.0 Å². The molecule has 0 saturated heterocycles. The quantitative estimate of drug-likeness (QED) is 0.659. The second-order valence-corrected chi connectivity index (χ2v) is 7.93. The molecule has 6 heteroatoms. The first-order valence-corrected chi connectivity index (χ1v) is 9.83. The van der Waals surface area contributed by atoms with Crippen molar-refractivity contribution in [3.63, 3.8) is 0 Å². The third-order valence-corrected chi connectivity index (χ3v) is 5.29. The summed E-state index contributed by atoms with van der Waals surface area (Å²) in [6.07, 6.45) is 1.60. The third-order valence-electron chi connectivity index (χ3n) is 3.92. The zero-order chi connectivity index (χ0) is 18.6. The van der Waals surface area contributed by atoms with Crippen molar-refractivity contribution >= 4 is 27.2 Å². The highest BCUT2D eigenvalue weighted by Gasteiger charge is 2.13. The summed E-state index contributed by atoms with van der Waals surface area (Å²) in [5, 5.41) is 3.25. The Balaban J connectivity index is 1.69. The molecule has 0 unspecified atom stereocenters. The molecule has 3 aromatic rings. The molecule has 0 aliphatic heterocycles. The lowest BCUT2D eigenvalue weighted by Crippen LogP contribution is -2.13. The molecule has 2 aromatic carbocycles. The van der Waals surface area contributed by atoms with Gasteiger partial charge in [0.1, 0.15) is 5.82 Å². The van der Waals surface area contributed by atoms with E-state index in [9.17, 15) is 8.42 Å².